The molecule has 0 aliphatic carbocycles. The van der Waals surface area contributed by atoms with Crippen LogP contribution in [0.4, 0.5) is 0 Å². The van der Waals surface area contributed by atoms with Crippen molar-refractivity contribution in [1.29, 1.82) is 0 Å². The van der Waals surface area contributed by atoms with E-state index in [1.165, 1.54) is 0 Å². The van der Waals surface area contributed by atoms with Crippen molar-refractivity contribution in [3.05, 3.63) is 70.8 Å². The monoisotopic (exact) mass is 383 g/mol. The first kappa shape index (κ1) is 20.0. The Morgan fingerprint density at radius 3 is 2.46 bits per heavy atom. The maximum Gasteiger partial charge on any atom is 0.335 e. The van der Waals surface area contributed by atoms with Crippen LogP contribution in [0.25, 0.3) is 0 Å². The molecule has 0 spiro atoms. The summed E-state index contributed by atoms with van der Waals surface area (Å²) in [5.41, 5.74) is 2.59. The van der Waals surface area contributed by atoms with Crippen molar-refractivity contribution in [2.75, 3.05) is 20.3 Å². The molecule has 1 fully saturated rings. The van der Waals surface area contributed by atoms with Gasteiger partial charge in [0.1, 0.15) is 0 Å². The second-order valence-electron chi connectivity index (χ2n) is 6.94. The Bertz CT molecular complexity index is 812. The summed E-state index contributed by atoms with van der Waals surface area (Å²) in [6.07, 6.45) is 1.92. The quantitative estimate of drug-likeness (QED) is 0.793. The summed E-state index contributed by atoms with van der Waals surface area (Å²) in [6.45, 7) is 2.23. The Balaban J connectivity index is 1.64. The second-order valence-corrected chi connectivity index (χ2v) is 6.94. The van der Waals surface area contributed by atoms with E-state index in [1.54, 1.807) is 36.2 Å². The van der Waals surface area contributed by atoms with Crippen LogP contribution in [-0.4, -0.2) is 48.2 Å². The number of carbonyl (C=O) groups is 2. The molecule has 3 rings (SSSR count). The highest BCUT2D eigenvalue weighted by Crippen LogP contribution is 2.18. The van der Waals surface area contributed by atoms with Gasteiger partial charge < -0.3 is 19.5 Å². The summed E-state index contributed by atoms with van der Waals surface area (Å²) < 4.78 is 11.3. The zero-order chi connectivity index (χ0) is 19.9. The topological polar surface area (TPSA) is 76.1 Å². The van der Waals surface area contributed by atoms with Crippen molar-refractivity contribution in [2.24, 2.45) is 0 Å². The van der Waals surface area contributed by atoms with E-state index in [0.29, 0.717) is 31.9 Å². The molecular formula is C22H25NO5. The van der Waals surface area contributed by atoms with E-state index >= 15 is 0 Å². The first-order chi connectivity index (χ1) is 13.5. The second kappa shape index (κ2) is 9.48. The molecule has 1 N–H and O–H groups in total. The summed E-state index contributed by atoms with van der Waals surface area (Å²) in [6, 6.07) is 14.0. The van der Waals surface area contributed by atoms with Crippen LogP contribution in [0, 0.1) is 0 Å². The van der Waals surface area contributed by atoms with Gasteiger partial charge in [0.25, 0.3) is 5.91 Å². The molecule has 1 saturated heterocycles. The van der Waals surface area contributed by atoms with Gasteiger partial charge in [-0.05, 0) is 42.2 Å². The third kappa shape index (κ3) is 5.18. The summed E-state index contributed by atoms with van der Waals surface area (Å²) >= 11 is 0. The van der Waals surface area contributed by atoms with Crippen molar-refractivity contribution in [1.82, 2.24) is 4.90 Å². The number of hydrogen-bond donors (Lipinski definition) is 1. The number of nitrogens with zero attached hydrogens (tertiary/aromatic N) is 1. The van der Waals surface area contributed by atoms with Gasteiger partial charge in [0.15, 0.2) is 0 Å². The smallest absolute Gasteiger partial charge is 0.335 e. The van der Waals surface area contributed by atoms with Crippen LogP contribution in [0.5, 0.6) is 0 Å². The number of benzene rings is 2. The third-order valence-electron chi connectivity index (χ3n) is 4.86. The Morgan fingerprint density at radius 1 is 1.11 bits per heavy atom. The lowest BCUT2D eigenvalue weighted by Gasteiger charge is -2.23. The summed E-state index contributed by atoms with van der Waals surface area (Å²) in [7, 11) is 1.74. The standard InChI is InChI=1S/C22H25NO5/c1-23(14-16-6-8-17(9-7-16)22(25)26)21(24)20-5-3-2-4-18(20)15-28-19-10-12-27-13-11-19/h2-9,19H,10-15H2,1H3,(H,25,26). The SMILES string of the molecule is CN(Cc1ccc(C(=O)O)cc1)C(=O)c1ccccc1COC1CCOCC1. The molecule has 148 valence electrons. The molecule has 0 bridgehead atoms. The zero-order valence-corrected chi connectivity index (χ0v) is 16.0. The highest BCUT2D eigenvalue weighted by atomic mass is 16.5. The van der Waals surface area contributed by atoms with E-state index in [-0.39, 0.29) is 17.6 Å². The normalized spacial score (nSPS) is 14.6. The van der Waals surface area contributed by atoms with Crippen molar-refractivity contribution >= 4 is 11.9 Å². The van der Waals surface area contributed by atoms with E-state index in [4.69, 9.17) is 14.6 Å². The molecule has 6 nitrogen and oxygen atoms in total. The molecule has 2 aromatic carbocycles. The van der Waals surface area contributed by atoms with Gasteiger partial charge in [0.2, 0.25) is 0 Å². The predicted octanol–water partition coefficient (Wildman–Crippen LogP) is 3.35. The average molecular weight is 383 g/mol. The van der Waals surface area contributed by atoms with E-state index in [1.807, 2.05) is 24.3 Å². The first-order valence-electron chi connectivity index (χ1n) is 9.39. The van der Waals surface area contributed by atoms with Gasteiger partial charge in [-0.15, -0.1) is 0 Å². The van der Waals surface area contributed by atoms with Crippen LogP contribution in [0.15, 0.2) is 48.5 Å². The van der Waals surface area contributed by atoms with Crippen molar-refractivity contribution in [2.45, 2.75) is 32.1 Å². The molecule has 1 aliphatic rings. The molecule has 1 aliphatic heterocycles. The Morgan fingerprint density at radius 2 is 1.79 bits per heavy atom. The van der Waals surface area contributed by atoms with E-state index in [9.17, 15) is 9.59 Å². The van der Waals surface area contributed by atoms with Crippen LogP contribution < -0.4 is 0 Å². The Labute approximate surface area is 164 Å². The molecule has 6 heteroatoms. The highest BCUT2D eigenvalue weighted by molar-refractivity contribution is 5.95. The minimum absolute atomic E-state index is 0.0894. The average Bonchev–Trinajstić information content (AvgIpc) is 2.73. The fourth-order valence-electron chi connectivity index (χ4n) is 3.21. The van der Waals surface area contributed by atoms with Crippen LogP contribution >= 0.6 is 0 Å². The van der Waals surface area contributed by atoms with Crippen LogP contribution in [0.3, 0.4) is 0 Å². The number of carboxylic acids is 1. The molecule has 1 amide bonds. The minimum atomic E-state index is -0.963. The van der Waals surface area contributed by atoms with Gasteiger partial charge in [-0.3, -0.25) is 4.79 Å². The number of hydrogen-bond acceptors (Lipinski definition) is 4. The largest absolute Gasteiger partial charge is 0.478 e. The Hall–Kier alpha value is -2.70. The van der Waals surface area contributed by atoms with Gasteiger partial charge >= 0.3 is 5.97 Å². The molecule has 2 aromatic rings. The molecular weight excluding hydrogens is 358 g/mol. The van der Waals surface area contributed by atoms with Gasteiger partial charge in [-0.25, -0.2) is 4.79 Å². The zero-order valence-electron chi connectivity index (χ0n) is 16.0. The lowest BCUT2D eigenvalue weighted by atomic mass is 10.1. The van der Waals surface area contributed by atoms with Gasteiger partial charge in [-0.2, -0.15) is 0 Å². The molecule has 0 atom stereocenters. The number of ether oxygens (including phenoxy) is 2. The maximum absolute atomic E-state index is 13.0. The van der Waals surface area contributed by atoms with E-state index in [2.05, 4.69) is 0 Å². The van der Waals surface area contributed by atoms with Gasteiger partial charge in [0, 0.05) is 32.4 Å². The third-order valence-corrected chi connectivity index (χ3v) is 4.86. The molecule has 28 heavy (non-hydrogen) atoms. The lowest BCUT2D eigenvalue weighted by molar-refractivity contribution is -0.0392. The fraction of sp³-hybridized carbons (Fsp3) is 0.364. The van der Waals surface area contributed by atoms with Crippen molar-refractivity contribution in [3.63, 3.8) is 0 Å². The van der Waals surface area contributed by atoms with Gasteiger partial charge in [-0.1, -0.05) is 30.3 Å². The van der Waals surface area contributed by atoms with Crippen molar-refractivity contribution in [3.8, 4) is 0 Å². The highest BCUT2D eigenvalue weighted by Gasteiger charge is 2.18. The fourth-order valence-corrected chi connectivity index (χ4v) is 3.21. The molecule has 0 unspecified atom stereocenters. The molecule has 0 radical (unpaired) electrons. The van der Waals surface area contributed by atoms with E-state index < -0.39 is 5.97 Å². The first-order valence-corrected chi connectivity index (χ1v) is 9.39. The summed E-state index contributed by atoms with van der Waals surface area (Å²) in [4.78, 5) is 25.5. The molecule has 0 saturated carbocycles. The molecule has 0 aromatic heterocycles. The lowest BCUT2D eigenvalue weighted by Crippen LogP contribution is -2.28. The van der Waals surface area contributed by atoms with E-state index in [0.717, 1.165) is 24.0 Å². The number of rotatable bonds is 7. The number of aromatic carboxylic acids is 1. The maximum atomic E-state index is 13.0. The minimum Gasteiger partial charge on any atom is -0.478 e. The van der Waals surface area contributed by atoms with Crippen LogP contribution in [0.1, 0.15) is 44.7 Å². The number of carboxylic acid groups (broad SMARTS) is 1. The van der Waals surface area contributed by atoms with Crippen molar-refractivity contribution < 1.29 is 24.2 Å². The van der Waals surface area contributed by atoms with Crippen LogP contribution in [0.2, 0.25) is 0 Å². The number of amides is 1. The molecule has 1 heterocycles. The Kier molecular flexibility index (Phi) is 6.79. The summed E-state index contributed by atoms with van der Waals surface area (Å²) in [5.74, 6) is -1.05. The van der Waals surface area contributed by atoms with Gasteiger partial charge in [0.05, 0.1) is 18.3 Å². The number of carbonyl (C=O) groups excluding carboxylic acids is 1. The van der Waals surface area contributed by atoms with Crippen LogP contribution in [-0.2, 0) is 22.6 Å². The predicted molar refractivity (Wildman–Crippen MR) is 104 cm³/mol. The summed E-state index contributed by atoms with van der Waals surface area (Å²) in [5, 5.41) is 8.99.